The van der Waals surface area contributed by atoms with Crippen LogP contribution in [0.1, 0.15) is 40.9 Å². The largest absolute Gasteiger partial charge is 0.322 e. The summed E-state index contributed by atoms with van der Waals surface area (Å²) in [6.07, 6.45) is 1.39. The van der Waals surface area contributed by atoms with E-state index in [0.717, 1.165) is 28.8 Å². The molecule has 1 atom stereocenters. The SMILES string of the molecule is CCc1ccccc1NC(=O)c1ccc2c(c1)C[C@H](C)N2S(=O)(=O)c1ccc(C)cc1. The number of anilines is 2. The maximum Gasteiger partial charge on any atom is 0.264 e. The second-order valence-corrected chi connectivity index (χ2v) is 9.79. The lowest BCUT2D eigenvalue weighted by molar-refractivity contribution is 0.102. The summed E-state index contributed by atoms with van der Waals surface area (Å²) in [7, 11) is -3.68. The van der Waals surface area contributed by atoms with Crippen LogP contribution in [-0.2, 0) is 22.9 Å². The Balaban J connectivity index is 1.63. The Morgan fingerprint density at radius 1 is 1.06 bits per heavy atom. The number of benzene rings is 3. The molecule has 4 rings (SSSR count). The monoisotopic (exact) mass is 434 g/mol. The fraction of sp³-hybridized carbons (Fsp3) is 0.240. The topological polar surface area (TPSA) is 66.5 Å². The predicted octanol–water partition coefficient (Wildman–Crippen LogP) is 4.95. The molecule has 0 saturated carbocycles. The first-order valence-electron chi connectivity index (χ1n) is 10.4. The first kappa shape index (κ1) is 21.1. The Labute approximate surface area is 183 Å². The van der Waals surface area contributed by atoms with Crippen LogP contribution in [-0.4, -0.2) is 20.4 Å². The highest BCUT2D eigenvalue weighted by Gasteiger charge is 2.36. The average molecular weight is 435 g/mol. The van der Waals surface area contributed by atoms with Gasteiger partial charge in [0.05, 0.1) is 10.6 Å². The molecule has 0 bridgehead atoms. The predicted molar refractivity (Wildman–Crippen MR) is 124 cm³/mol. The van der Waals surface area contributed by atoms with E-state index in [0.29, 0.717) is 17.7 Å². The minimum Gasteiger partial charge on any atom is -0.322 e. The second kappa shape index (κ2) is 8.19. The van der Waals surface area contributed by atoms with Crippen LogP contribution >= 0.6 is 0 Å². The van der Waals surface area contributed by atoms with Gasteiger partial charge in [-0.3, -0.25) is 9.10 Å². The Kier molecular flexibility index (Phi) is 5.58. The number of carbonyl (C=O) groups excluding carboxylic acids is 1. The van der Waals surface area contributed by atoms with Crippen LogP contribution in [0.3, 0.4) is 0 Å². The number of hydrogen-bond acceptors (Lipinski definition) is 3. The zero-order valence-electron chi connectivity index (χ0n) is 17.9. The number of fused-ring (bicyclic) bond motifs is 1. The van der Waals surface area contributed by atoms with E-state index in [4.69, 9.17) is 0 Å². The molecule has 0 aliphatic carbocycles. The fourth-order valence-corrected chi connectivity index (χ4v) is 5.77. The number of aryl methyl sites for hydroxylation is 2. The maximum atomic E-state index is 13.3. The molecule has 3 aromatic carbocycles. The second-order valence-electron chi connectivity index (χ2n) is 7.98. The van der Waals surface area contributed by atoms with Crippen molar-refractivity contribution in [1.29, 1.82) is 0 Å². The molecule has 0 unspecified atom stereocenters. The van der Waals surface area contributed by atoms with E-state index in [1.54, 1.807) is 42.5 Å². The van der Waals surface area contributed by atoms with Gasteiger partial charge in [-0.05, 0) is 74.2 Å². The summed E-state index contributed by atoms with van der Waals surface area (Å²) in [6, 6.07) is 19.6. The van der Waals surface area contributed by atoms with Gasteiger partial charge in [0.2, 0.25) is 0 Å². The minimum atomic E-state index is -3.68. The highest BCUT2D eigenvalue weighted by atomic mass is 32.2. The Morgan fingerprint density at radius 2 is 1.77 bits per heavy atom. The number of amides is 1. The standard InChI is InChI=1S/C25H26N2O3S/c1-4-19-7-5-6-8-23(19)26-25(28)20-11-14-24-21(16-20)15-18(3)27(24)31(29,30)22-12-9-17(2)10-13-22/h5-14,16,18H,4,15H2,1-3H3,(H,26,28)/t18-/m0/s1. The third kappa shape index (κ3) is 3.95. The van der Waals surface area contributed by atoms with Gasteiger partial charge >= 0.3 is 0 Å². The highest BCUT2D eigenvalue weighted by Crippen LogP contribution is 2.37. The lowest BCUT2D eigenvalue weighted by Crippen LogP contribution is -2.35. The first-order valence-corrected chi connectivity index (χ1v) is 11.9. The Bertz CT molecular complexity index is 1230. The summed E-state index contributed by atoms with van der Waals surface area (Å²) in [6.45, 7) is 5.86. The molecule has 0 saturated heterocycles. The summed E-state index contributed by atoms with van der Waals surface area (Å²) in [5.41, 5.74) is 4.90. The van der Waals surface area contributed by atoms with Crippen molar-refractivity contribution in [1.82, 2.24) is 0 Å². The van der Waals surface area contributed by atoms with Gasteiger partial charge in [-0.1, -0.05) is 42.8 Å². The van der Waals surface area contributed by atoms with E-state index in [1.807, 2.05) is 45.0 Å². The van der Waals surface area contributed by atoms with Crippen molar-refractivity contribution < 1.29 is 13.2 Å². The van der Waals surface area contributed by atoms with Crippen molar-refractivity contribution in [3.05, 3.63) is 89.0 Å². The summed E-state index contributed by atoms with van der Waals surface area (Å²) >= 11 is 0. The van der Waals surface area contributed by atoms with E-state index >= 15 is 0 Å². The molecule has 160 valence electrons. The third-order valence-electron chi connectivity index (χ3n) is 5.72. The molecule has 0 radical (unpaired) electrons. The highest BCUT2D eigenvalue weighted by molar-refractivity contribution is 7.92. The van der Waals surface area contributed by atoms with Crippen molar-refractivity contribution in [2.24, 2.45) is 0 Å². The number of nitrogens with zero attached hydrogens (tertiary/aromatic N) is 1. The molecule has 1 N–H and O–H groups in total. The number of hydrogen-bond donors (Lipinski definition) is 1. The van der Waals surface area contributed by atoms with Gasteiger partial charge in [-0.2, -0.15) is 0 Å². The van der Waals surface area contributed by atoms with E-state index in [-0.39, 0.29) is 16.8 Å². The number of para-hydroxylation sites is 1. The van der Waals surface area contributed by atoms with Gasteiger partial charge in [0.15, 0.2) is 0 Å². The van der Waals surface area contributed by atoms with E-state index in [1.165, 1.54) is 4.31 Å². The van der Waals surface area contributed by atoms with Crippen molar-refractivity contribution in [2.75, 3.05) is 9.62 Å². The quantitative estimate of drug-likeness (QED) is 0.618. The number of carbonyl (C=O) groups is 1. The number of sulfonamides is 1. The molecule has 31 heavy (non-hydrogen) atoms. The summed E-state index contributed by atoms with van der Waals surface area (Å²) in [4.78, 5) is 13.1. The van der Waals surface area contributed by atoms with Crippen LogP contribution in [0.4, 0.5) is 11.4 Å². The average Bonchev–Trinajstić information content (AvgIpc) is 3.10. The first-order chi connectivity index (χ1) is 14.8. The van der Waals surface area contributed by atoms with Crippen molar-refractivity contribution in [3.63, 3.8) is 0 Å². The van der Waals surface area contributed by atoms with Crippen molar-refractivity contribution in [2.45, 2.75) is 44.6 Å². The van der Waals surface area contributed by atoms with E-state index < -0.39 is 10.0 Å². The molecule has 0 fully saturated rings. The van der Waals surface area contributed by atoms with Crippen LogP contribution in [0.25, 0.3) is 0 Å². The maximum absolute atomic E-state index is 13.3. The minimum absolute atomic E-state index is 0.198. The lowest BCUT2D eigenvalue weighted by atomic mass is 10.1. The molecular weight excluding hydrogens is 408 g/mol. The van der Waals surface area contributed by atoms with Gasteiger partial charge in [-0.15, -0.1) is 0 Å². The van der Waals surface area contributed by atoms with Crippen LogP contribution in [0.15, 0.2) is 71.6 Å². The molecule has 5 nitrogen and oxygen atoms in total. The fourth-order valence-electron chi connectivity index (χ4n) is 4.08. The van der Waals surface area contributed by atoms with E-state index in [9.17, 15) is 13.2 Å². The van der Waals surface area contributed by atoms with Gasteiger partial charge in [-0.25, -0.2) is 8.42 Å². The molecule has 1 aliphatic heterocycles. The molecule has 1 aliphatic rings. The van der Waals surface area contributed by atoms with Crippen LogP contribution in [0, 0.1) is 6.92 Å². The van der Waals surface area contributed by atoms with Gasteiger partial charge in [0.1, 0.15) is 0 Å². The molecule has 3 aromatic rings. The van der Waals surface area contributed by atoms with Crippen LogP contribution < -0.4 is 9.62 Å². The zero-order chi connectivity index (χ0) is 22.2. The number of nitrogens with one attached hydrogen (secondary N) is 1. The molecule has 0 aromatic heterocycles. The molecule has 1 heterocycles. The molecule has 6 heteroatoms. The van der Waals surface area contributed by atoms with E-state index in [2.05, 4.69) is 5.32 Å². The summed E-state index contributed by atoms with van der Waals surface area (Å²) in [5, 5.41) is 2.98. The van der Waals surface area contributed by atoms with Gasteiger partial charge in [0.25, 0.3) is 15.9 Å². The van der Waals surface area contributed by atoms with Crippen LogP contribution in [0.2, 0.25) is 0 Å². The third-order valence-corrected chi connectivity index (χ3v) is 7.66. The van der Waals surface area contributed by atoms with Gasteiger partial charge in [0, 0.05) is 17.3 Å². The summed E-state index contributed by atoms with van der Waals surface area (Å²) in [5.74, 6) is -0.198. The van der Waals surface area contributed by atoms with Gasteiger partial charge < -0.3 is 5.32 Å². The lowest BCUT2D eigenvalue weighted by Gasteiger charge is -2.24. The zero-order valence-corrected chi connectivity index (χ0v) is 18.7. The Morgan fingerprint density at radius 3 is 2.48 bits per heavy atom. The van der Waals surface area contributed by atoms with Crippen LogP contribution in [0.5, 0.6) is 0 Å². The number of rotatable bonds is 5. The van der Waals surface area contributed by atoms with Crippen molar-refractivity contribution in [3.8, 4) is 0 Å². The molecule has 0 spiro atoms. The normalized spacial score (nSPS) is 15.6. The molecule has 1 amide bonds. The molecular formula is C25H26N2O3S. The Hall–Kier alpha value is -3.12. The summed E-state index contributed by atoms with van der Waals surface area (Å²) < 4.78 is 28.1. The van der Waals surface area contributed by atoms with Crippen molar-refractivity contribution >= 4 is 27.3 Å². The smallest absolute Gasteiger partial charge is 0.264 e.